The first-order chi connectivity index (χ1) is 9.65. The number of benzene rings is 1. The van der Waals surface area contributed by atoms with Crippen molar-refractivity contribution in [3.05, 3.63) is 35.6 Å². The lowest BCUT2D eigenvalue weighted by Crippen LogP contribution is -2.46. The molecule has 0 bridgehead atoms. The molecule has 0 radical (unpaired) electrons. The van der Waals surface area contributed by atoms with Gasteiger partial charge in [-0.3, -0.25) is 0 Å². The van der Waals surface area contributed by atoms with E-state index >= 15 is 0 Å². The van der Waals surface area contributed by atoms with Crippen LogP contribution in [-0.4, -0.2) is 18.6 Å². The maximum Gasteiger partial charge on any atom is 0.315 e. The molecule has 20 heavy (non-hydrogen) atoms. The van der Waals surface area contributed by atoms with Crippen molar-refractivity contribution >= 4 is 6.03 Å². The first-order valence-corrected chi connectivity index (χ1v) is 7.44. The van der Waals surface area contributed by atoms with Crippen LogP contribution in [0.15, 0.2) is 24.3 Å². The van der Waals surface area contributed by atoms with E-state index in [0.29, 0.717) is 24.9 Å². The van der Waals surface area contributed by atoms with Gasteiger partial charge in [0.1, 0.15) is 5.82 Å². The zero-order valence-corrected chi connectivity index (χ0v) is 12.0. The first kappa shape index (κ1) is 14.8. The van der Waals surface area contributed by atoms with E-state index in [1.54, 1.807) is 12.1 Å². The normalized spacial score (nSPS) is 22.3. The van der Waals surface area contributed by atoms with Gasteiger partial charge in [-0.15, -0.1) is 0 Å². The maximum absolute atomic E-state index is 12.8. The van der Waals surface area contributed by atoms with Crippen LogP contribution in [0, 0.1) is 11.7 Å². The zero-order valence-electron chi connectivity index (χ0n) is 12.0. The summed E-state index contributed by atoms with van der Waals surface area (Å²) in [6.45, 7) is 2.77. The molecule has 2 N–H and O–H groups in total. The number of urea groups is 1. The second-order valence-electron chi connectivity index (χ2n) is 5.64. The Hall–Kier alpha value is -1.58. The lowest BCUT2D eigenvalue weighted by Gasteiger charge is -2.29. The van der Waals surface area contributed by atoms with Gasteiger partial charge >= 0.3 is 6.03 Å². The summed E-state index contributed by atoms with van der Waals surface area (Å²) in [6, 6.07) is 6.59. The van der Waals surface area contributed by atoms with Crippen molar-refractivity contribution in [2.75, 3.05) is 6.54 Å². The molecule has 0 saturated heterocycles. The Kier molecular flexibility index (Phi) is 5.39. The maximum atomic E-state index is 12.8. The zero-order chi connectivity index (χ0) is 14.4. The van der Waals surface area contributed by atoms with Crippen LogP contribution in [0.25, 0.3) is 0 Å². The molecule has 2 amide bonds. The van der Waals surface area contributed by atoms with E-state index in [0.717, 1.165) is 12.0 Å². The van der Waals surface area contributed by atoms with E-state index in [1.807, 2.05) is 0 Å². The lowest BCUT2D eigenvalue weighted by atomic mass is 9.86. The summed E-state index contributed by atoms with van der Waals surface area (Å²) in [5, 5.41) is 5.92. The fourth-order valence-electron chi connectivity index (χ4n) is 2.72. The summed E-state index contributed by atoms with van der Waals surface area (Å²) in [5.74, 6) is 0.331. The highest BCUT2D eigenvalue weighted by Crippen LogP contribution is 2.23. The minimum absolute atomic E-state index is 0.0918. The molecule has 3 nitrogen and oxygen atoms in total. The number of carbonyl (C=O) groups is 1. The van der Waals surface area contributed by atoms with Crippen molar-refractivity contribution in [2.24, 2.45) is 5.92 Å². The Labute approximate surface area is 120 Å². The van der Waals surface area contributed by atoms with Crippen LogP contribution in [0.1, 0.15) is 38.2 Å². The van der Waals surface area contributed by atoms with Crippen molar-refractivity contribution in [1.82, 2.24) is 10.6 Å². The highest BCUT2D eigenvalue weighted by atomic mass is 19.1. The van der Waals surface area contributed by atoms with Crippen molar-refractivity contribution in [2.45, 2.75) is 45.1 Å². The summed E-state index contributed by atoms with van der Waals surface area (Å²) in [4.78, 5) is 11.8. The van der Waals surface area contributed by atoms with E-state index in [1.165, 1.54) is 31.4 Å². The number of nitrogens with one attached hydrogen (secondary N) is 2. The van der Waals surface area contributed by atoms with Crippen molar-refractivity contribution in [3.8, 4) is 0 Å². The number of rotatable bonds is 4. The second kappa shape index (κ2) is 7.27. The highest BCUT2D eigenvalue weighted by molar-refractivity contribution is 5.74. The van der Waals surface area contributed by atoms with Crippen molar-refractivity contribution in [1.29, 1.82) is 0 Å². The summed E-state index contributed by atoms with van der Waals surface area (Å²) in [6.07, 6.45) is 5.46. The third-order valence-corrected chi connectivity index (χ3v) is 4.04. The molecule has 1 fully saturated rings. The smallest absolute Gasteiger partial charge is 0.315 e. The Bertz CT molecular complexity index is 433. The fourth-order valence-corrected chi connectivity index (χ4v) is 2.72. The molecule has 0 spiro atoms. The Morgan fingerprint density at radius 2 is 1.95 bits per heavy atom. The van der Waals surface area contributed by atoms with E-state index in [9.17, 15) is 9.18 Å². The quantitative estimate of drug-likeness (QED) is 0.872. The minimum atomic E-state index is -0.231. The molecule has 1 aliphatic rings. The fraction of sp³-hybridized carbons (Fsp3) is 0.562. The third-order valence-electron chi connectivity index (χ3n) is 4.04. The van der Waals surface area contributed by atoms with Gasteiger partial charge in [0.15, 0.2) is 0 Å². The molecule has 4 heteroatoms. The van der Waals surface area contributed by atoms with Crippen LogP contribution < -0.4 is 10.6 Å². The highest BCUT2D eigenvalue weighted by Gasteiger charge is 2.22. The van der Waals surface area contributed by atoms with E-state index < -0.39 is 0 Å². The Morgan fingerprint density at radius 1 is 1.25 bits per heavy atom. The molecule has 0 aliphatic heterocycles. The van der Waals surface area contributed by atoms with Crippen LogP contribution in [0.4, 0.5) is 9.18 Å². The number of hydrogen-bond donors (Lipinski definition) is 2. The standard InChI is InChI=1S/C16H23FN2O/c1-12-4-2-3-5-15(12)19-16(20)18-11-10-13-6-8-14(17)9-7-13/h6-9,12,15H,2-5,10-11H2,1H3,(H2,18,19,20)/t12-,15-/m0/s1. The molecular formula is C16H23FN2O. The molecule has 0 unspecified atom stereocenters. The van der Waals surface area contributed by atoms with Crippen LogP contribution in [0.5, 0.6) is 0 Å². The summed E-state index contributed by atoms with van der Waals surface area (Å²) < 4.78 is 12.8. The summed E-state index contributed by atoms with van der Waals surface area (Å²) in [5.41, 5.74) is 1.03. The molecule has 1 aromatic rings. The van der Waals surface area contributed by atoms with Crippen LogP contribution in [0.3, 0.4) is 0 Å². The van der Waals surface area contributed by atoms with Gasteiger partial charge in [-0.2, -0.15) is 0 Å². The third kappa shape index (κ3) is 4.51. The summed E-state index contributed by atoms with van der Waals surface area (Å²) >= 11 is 0. The largest absolute Gasteiger partial charge is 0.338 e. The predicted octanol–water partition coefficient (Wildman–Crippen LogP) is 3.25. The molecule has 1 aliphatic carbocycles. The molecule has 2 rings (SSSR count). The molecule has 1 aromatic carbocycles. The van der Waals surface area contributed by atoms with Crippen molar-refractivity contribution < 1.29 is 9.18 Å². The number of hydrogen-bond acceptors (Lipinski definition) is 1. The monoisotopic (exact) mass is 278 g/mol. The summed E-state index contributed by atoms with van der Waals surface area (Å²) in [7, 11) is 0. The molecule has 2 atom stereocenters. The van der Waals surface area contributed by atoms with Crippen LogP contribution in [-0.2, 0) is 6.42 Å². The van der Waals surface area contributed by atoms with Gasteiger partial charge in [0.25, 0.3) is 0 Å². The lowest BCUT2D eigenvalue weighted by molar-refractivity contribution is 0.222. The van der Waals surface area contributed by atoms with Gasteiger partial charge in [0, 0.05) is 12.6 Å². The molecule has 0 aromatic heterocycles. The molecule has 1 saturated carbocycles. The molecule has 0 heterocycles. The number of carbonyl (C=O) groups excluding carboxylic acids is 1. The minimum Gasteiger partial charge on any atom is -0.338 e. The Morgan fingerprint density at radius 3 is 2.65 bits per heavy atom. The first-order valence-electron chi connectivity index (χ1n) is 7.44. The van der Waals surface area contributed by atoms with E-state index in [-0.39, 0.29) is 11.8 Å². The van der Waals surface area contributed by atoms with Gasteiger partial charge in [0.05, 0.1) is 0 Å². The SMILES string of the molecule is C[C@H]1CCCC[C@@H]1NC(=O)NCCc1ccc(F)cc1. The van der Waals surface area contributed by atoms with Crippen LogP contribution >= 0.6 is 0 Å². The van der Waals surface area contributed by atoms with E-state index in [2.05, 4.69) is 17.6 Å². The van der Waals surface area contributed by atoms with E-state index in [4.69, 9.17) is 0 Å². The predicted molar refractivity (Wildman–Crippen MR) is 78.1 cm³/mol. The van der Waals surface area contributed by atoms with Crippen molar-refractivity contribution in [3.63, 3.8) is 0 Å². The van der Waals surface area contributed by atoms with Gasteiger partial charge in [0.2, 0.25) is 0 Å². The number of amides is 2. The average Bonchev–Trinajstić information content (AvgIpc) is 2.44. The number of halogens is 1. The van der Waals surface area contributed by atoms with Gasteiger partial charge in [-0.25, -0.2) is 9.18 Å². The second-order valence-corrected chi connectivity index (χ2v) is 5.64. The average molecular weight is 278 g/mol. The molecular weight excluding hydrogens is 255 g/mol. The van der Waals surface area contributed by atoms with Gasteiger partial charge in [-0.1, -0.05) is 31.9 Å². The topological polar surface area (TPSA) is 41.1 Å². The van der Waals surface area contributed by atoms with Crippen LogP contribution in [0.2, 0.25) is 0 Å². The van der Waals surface area contributed by atoms with Gasteiger partial charge in [-0.05, 0) is 42.9 Å². The molecule has 110 valence electrons. The Balaban J connectivity index is 1.68. The van der Waals surface area contributed by atoms with Gasteiger partial charge < -0.3 is 10.6 Å².